The molecule has 2 rings (SSSR count). The zero-order chi connectivity index (χ0) is 13.1. The molecule has 0 saturated heterocycles. The van der Waals surface area contributed by atoms with Gasteiger partial charge in [-0.2, -0.15) is 4.84 Å². The van der Waals surface area contributed by atoms with E-state index in [4.69, 9.17) is 4.84 Å². The van der Waals surface area contributed by atoms with Gasteiger partial charge in [0.15, 0.2) is 0 Å². The molecule has 1 heterocycles. The van der Waals surface area contributed by atoms with Gasteiger partial charge in [-0.15, -0.1) is 0 Å². The summed E-state index contributed by atoms with van der Waals surface area (Å²) in [5.74, 6) is -0.350. The van der Waals surface area contributed by atoms with Gasteiger partial charge in [-0.1, -0.05) is 17.7 Å². The molecule has 1 aromatic heterocycles. The fraction of sp³-hybridized carbons (Fsp3) is 0.200. The molecular weight excluding hydrogens is 226 g/mol. The summed E-state index contributed by atoms with van der Waals surface area (Å²) in [4.78, 5) is 17.4. The Morgan fingerprint density at radius 2 is 1.50 bits per heavy atom. The van der Waals surface area contributed by atoms with Crippen molar-refractivity contribution in [2.45, 2.75) is 20.8 Å². The van der Waals surface area contributed by atoms with Crippen LogP contribution in [0.5, 0.6) is 0 Å². The molecule has 0 atom stereocenters. The van der Waals surface area contributed by atoms with Crippen LogP contribution in [0.2, 0.25) is 0 Å². The Bertz CT molecular complexity index is 553. The van der Waals surface area contributed by atoms with Crippen molar-refractivity contribution >= 4 is 5.97 Å². The highest BCUT2D eigenvalue weighted by Crippen LogP contribution is 2.03. The van der Waals surface area contributed by atoms with Gasteiger partial charge in [-0.3, -0.25) is 0 Å². The summed E-state index contributed by atoms with van der Waals surface area (Å²) >= 11 is 0. The van der Waals surface area contributed by atoms with Crippen molar-refractivity contribution in [2.24, 2.45) is 0 Å². The molecule has 0 saturated carbocycles. The Kier molecular flexibility index (Phi) is 3.42. The van der Waals surface area contributed by atoms with Crippen LogP contribution < -0.4 is 9.57 Å². The maximum absolute atomic E-state index is 12.0. The zero-order valence-corrected chi connectivity index (χ0v) is 10.8. The van der Waals surface area contributed by atoms with Crippen molar-refractivity contribution in [3.05, 3.63) is 65.0 Å². The van der Waals surface area contributed by atoms with Crippen LogP contribution in [0.4, 0.5) is 0 Å². The smallest absolute Gasteiger partial charge is 0.239 e. The van der Waals surface area contributed by atoms with Crippen LogP contribution in [-0.2, 0) is 0 Å². The van der Waals surface area contributed by atoms with E-state index in [1.807, 2.05) is 51.1 Å². The quantitative estimate of drug-likeness (QED) is 0.755. The second kappa shape index (κ2) is 5.00. The van der Waals surface area contributed by atoms with Gasteiger partial charge in [0.25, 0.3) is 0 Å². The molecule has 0 spiro atoms. The lowest BCUT2D eigenvalue weighted by Gasteiger charge is -2.02. The number of aromatic nitrogens is 1. The first-order valence-corrected chi connectivity index (χ1v) is 5.85. The lowest BCUT2D eigenvalue weighted by molar-refractivity contribution is -0.876. The van der Waals surface area contributed by atoms with E-state index in [0.717, 1.165) is 17.0 Å². The van der Waals surface area contributed by atoms with Gasteiger partial charge in [0.05, 0.1) is 5.56 Å². The van der Waals surface area contributed by atoms with Gasteiger partial charge in [-0.25, -0.2) is 4.79 Å². The predicted octanol–water partition coefficient (Wildman–Crippen LogP) is 2.17. The third-order valence-electron chi connectivity index (χ3n) is 2.78. The number of nitrogens with zero attached hydrogens (tertiary/aromatic N) is 1. The Morgan fingerprint density at radius 3 is 2.06 bits per heavy atom. The number of carbonyl (C=O) groups excluding carboxylic acids is 1. The topological polar surface area (TPSA) is 30.2 Å². The zero-order valence-electron chi connectivity index (χ0n) is 10.8. The van der Waals surface area contributed by atoms with E-state index in [9.17, 15) is 4.79 Å². The molecular formula is C15H16NO2+. The lowest BCUT2D eigenvalue weighted by atomic mass is 10.2. The summed E-state index contributed by atoms with van der Waals surface area (Å²) in [6.45, 7) is 5.78. The monoisotopic (exact) mass is 242 g/mol. The number of benzene rings is 1. The van der Waals surface area contributed by atoms with Crippen molar-refractivity contribution in [2.75, 3.05) is 0 Å². The predicted molar refractivity (Wildman–Crippen MR) is 68.2 cm³/mol. The van der Waals surface area contributed by atoms with Crippen LogP contribution in [-0.4, -0.2) is 5.97 Å². The molecule has 92 valence electrons. The molecule has 0 radical (unpaired) electrons. The number of rotatable bonds is 2. The van der Waals surface area contributed by atoms with Crippen molar-refractivity contribution in [3.8, 4) is 0 Å². The molecule has 0 bridgehead atoms. The SMILES string of the molecule is Cc1ccc(C(=O)O[n+]2c(C)cccc2C)cc1. The second-order valence-electron chi connectivity index (χ2n) is 4.35. The maximum atomic E-state index is 12.0. The second-order valence-corrected chi connectivity index (χ2v) is 4.35. The summed E-state index contributed by atoms with van der Waals surface area (Å²) in [6, 6.07) is 13.1. The van der Waals surface area contributed by atoms with E-state index in [0.29, 0.717) is 5.56 Å². The number of aryl methyl sites for hydroxylation is 3. The largest absolute Gasteiger partial charge is 0.411 e. The molecule has 0 N–H and O–H groups in total. The number of hydrogen-bond donors (Lipinski definition) is 0. The highest BCUT2D eigenvalue weighted by atomic mass is 16.7. The van der Waals surface area contributed by atoms with E-state index < -0.39 is 0 Å². The summed E-state index contributed by atoms with van der Waals surface area (Å²) in [5, 5.41) is 0. The van der Waals surface area contributed by atoms with Crippen LogP contribution in [0.25, 0.3) is 0 Å². The molecule has 1 aromatic carbocycles. The Labute approximate surface area is 107 Å². The van der Waals surface area contributed by atoms with E-state index in [2.05, 4.69) is 0 Å². The summed E-state index contributed by atoms with van der Waals surface area (Å²) in [7, 11) is 0. The third-order valence-corrected chi connectivity index (χ3v) is 2.78. The molecule has 2 aromatic rings. The van der Waals surface area contributed by atoms with Gasteiger partial charge in [-0.05, 0) is 25.1 Å². The van der Waals surface area contributed by atoms with Crippen molar-refractivity contribution < 1.29 is 14.4 Å². The van der Waals surface area contributed by atoms with Crippen LogP contribution in [0.1, 0.15) is 27.3 Å². The van der Waals surface area contributed by atoms with E-state index in [1.54, 1.807) is 16.9 Å². The molecule has 0 aliphatic rings. The highest BCUT2D eigenvalue weighted by molar-refractivity contribution is 5.89. The molecule has 0 aliphatic heterocycles. The number of hydrogen-bond acceptors (Lipinski definition) is 2. The first-order chi connectivity index (χ1) is 8.58. The van der Waals surface area contributed by atoms with Gasteiger partial charge in [0, 0.05) is 30.7 Å². The van der Waals surface area contributed by atoms with E-state index in [1.165, 1.54) is 0 Å². The average Bonchev–Trinajstić information content (AvgIpc) is 2.34. The van der Waals surface area contributed by atoms with Crippen LogP contribution >= 0.6 is 0 Å². The maximum Gasteiger partial charge on any atom is 0.411 e. The van der Waals surface area contributed by atoms with Gasteiger partial charge < -0.3 is 0 Å². The fourth-order valence-corrected chi connectivity index (χ4v) is 1.71. The van der Waals surface area contributed by atoms with Crippen molar-refractivity contribution in [1.82, 2.24) is 0 Å². The molecule has 0 unspecified atom stereocenters. The Balaban J connectivity index is 2.24. The Morgan fingerprint density at radius 1 is 0.944 bits per heavy atom. The standard InChI is InChI=1S/C15H16NO2/c1-11-7-9-14(10-8-11)15(17)18-16-12(2)5-4-6-13(16)3/h4-10H,1-3H3/q+1. The number of carbonyl (C=O) groups is 1. The van der Waals surface area contributed by atoms with Crippen LogP contribution in [0, 0.1) is 20.8 Å². The first kappa shape index (κ1) is 12.3. The molecule has 18 heavy (non-hydrogen) atoms. The third kappa shape index (κ3) is 2.56. The average molecular weight is 242 g/mol. The minimum atomic E-state index is -0.350. The molecule has 0 aliphatic carbocycles. The van der Waals surface area contributed by atoms with Crippen LogP contribution in [0.3, 0.4) is 0 Å². The normalized spacial score (nSPS) is 10.2. The summed E-state index contributed by atoms with van der Waals surface area (Å²) < 4.78 is 1.54. The van der Waals surface area contributed by atoms with E-state index >= 15 is 0 Å². The summed E-state index contributed by atoms with van der Waals surface area (Å²) in [5.41, 5.74) is 3.44. The fourth-order valence-electron chi connectivity index (χ4n) is 1.71. The van der Waals surface area contributed by atoms with Gasteiger partial charge >= 0.3 is 5.97 Å². The van der Waals surface area contributed by atoms with Crippen molar-refractivity contribution in [1.29, 1.82) is 0 Å². The van der Waals surface area contributed by atoms with Gasteiger partial charge in [0.2, 0.25) is 11.4 Å². The minimum absolute atomic E-state index is 0.350. The van der Waals surface area contributed by atoms with E-state index in [-0.39, 0.29) is 5.97 Å². The van der Waals surface area contributed by atoms with Crippen LogP contribution in [0.15, 0.2) is 42.5 Å². The highest BCUT2D eigenvalue weighted by Gasteiger charge is 2.18. The lowest BCUT2D eigenvalue weighted by Crippen LogP contribution is -2.50. The Hall–Kier alpha value is -2.16. The van der Waals surface area contributed by atoms with Gasteiger partial charge in [0.1, 0.15) is 0 Å². The minimum Gasteiger partial charge on any atom is -0.239 e. The molecule has 0 amide bonds. The van der Waals surface area contributed by atoms with Crippen molar-refractivity contribution in [3.63, 3.8) is 0 Å². The molecule has 3 nitrogen and oxygen atoms in total. The molecule has 0 fully saturated rings. The molecule has 3 heteroatoms. The summed E-state index contributed by atoms with van der Waals surface area (Å²) in [6.07, 6.45) is 0. The first-order valence-electron chi connectivity index (χ1n) is 5.85. The number of pyridine rings is 1.